The van der Waals surface area contributed by atoms with Gasteiger partial charge in [-0.3, -0.25) is 4.90 Å². The summed E-state index contributed by atoms with van der Waals surface area (Å²) in [5.41, 5.74) is 1.05. The van der Waals surface area contributed by atoms with Crippen molar-refractivity contribution in [2.75, 3.05) is 31.2 Å². The molecular formula is C21H19F3N4O3. The average Bonchev–Trinajstić information content (AvgIpc) is 3.30. The fourth-order valence-electron chi connectivity index (χ4n) is 3.22. The Morgan fingerprint density at radius 3 is 2.48 bits per heavy atom. The Hall–Kier alpha value is -3.40. The highest BCUT2D eigenvalue weighted by atomic mass is 19.3. The van der Waals surface area contributed by atoms with Crippen molar-refractivity contribution in [2.45, 2.75) is 13.0 Å². The fraction of sp³-hybridized carbons (Fsp3) is 0.286. The summed E-state index contributed by atoms with van der Waals surface area (Å²) in [5.74, 6) is -1.65. The van der Waals surface area contributed by atoms with Gasteiger partial charge in [-0.25, -0.2) is 9.18 Å². The molecule has 162 valence electrons. The third-order valence-electron chi connectivity index (χ3n) is 4.84. The Bertz CT molecular complexity index is 1040. The molecule has 2 heterocycles. The Morgan fingerprint density at radius 1 is 1.10 bits per heavy atom. The van der Waals surface area contributed by atoms with Crippen molar-refractivity contribution in [1.82, 2.24) is 15.1 Å². The van der Waals surface area contributed by atoms with Crippen LogP contribution in [0.15, 0.2) is 52.9 Å². The second kappa shape index (κ2) is 9.17. The Morgan fingerprint density at radius 2 is 1.84 bits per heavy atom. The summed E-state index contributed by atoms with van der Waals surface area (Å²) < 4.78 is 50.4. The maximum absolute atomic E-state index is 14.9. The van der Waals surface area contributed by atoms with Crippen LogP contribution in [0.2, 0.25) is 0 Å². The molecule has 4 rings (SSSR count). The zero-order valence-electron chi connectivity index (χ0n) is 16.4. The van der Waals surface area contributed by atoms with Gasteiger partial charge in [0, 0.05) is 29.9 Å². The molecule has 0 N–H and O–H groups in total. The molecule has 1 saturated heterocycles. The van der Waals surface area contributed by atoms with Gasteiger partial charge in [0.2, 0.25) is 5.89 Å². The molecule has 0 unspecified atom stereocenters. The van der Waals surface area contributed by atoms with Crippen molar-refractivity contribution >= 4 is 11.7 Å². The number of ether oxygens (including phenoxy) is 1. The van der Waals surface area contributed by atoms with E-state index in [-0.39, 0.29) is 29.6 Å². The molecule has 1 aliphatic heterocycles. The molecule has 0 spiro atoms. The molecule has 0 bridgehead atoms. The number of aromatic nitrogens is 2. The number of rotatable bonds is 5. The third kappa shape index (κ3) is 4.69. The zero-order valence-corrected chi connectivity index (χ0v) is 16.4. The van der Waals surface area contributed by atoms with E-state index in [0.29, 0.717) is 32.0 Å². The predicted octanol–water partition coefficient (Wildman–Crippen LogP) is 4.27. The van der Waals surface area contributed by atoms with E-state index in [4.69, 9.17) is 9.15 Å². The summed E-state index contributed by atoms with van der Waals surface area (Å²) in [6.07, 6.45) is -2.91. The second-order valence-electron chi connectivity index (χ2n) is 6.86. The summed E-state index contributed by atoms with van der Waals surface area (Å²) in [6, 6.07) is 12.8. The minimum Gasteiger partial charge on any atom is -0.415 e. The molecule has 1 fully saturated rings. The minimum absolute atomic E-state index is 0.0154. The third-order valence-corrected chi connectivity index (χ3v) is 4.84. The molecule has 3 aromatic rings. The van der Waals surface area contributed by atoms with E-state index in [2.05, 4.69) is 10.2 Å². The van der Waals surface area contributed by atoms with Gasteiger partial charge < -0.3 is 14.1 Å². The zero-order chi connectivity index (χ0) is 21.8. The standard InChI is InChI=1S/C21H19F3N4O3/c22-17-12-14(19-25-26-20(31-19)18(23)24)6-7-15(17)13-28(16-4-2-1-3-5-16)21(29)27-8-10-30-11-9-27/h1-7,12,18H,8-11,13H2. The van der Waals surface area contributed by atoms with Crippen LogP contribution in [0.5, 0.6) is 0 Å². The first kappa shape index (κ1) is 20.9. The lowest BCUT2D eigenvalue weighted by Gasteiger charge is -2.33. The minimum atomic E-state index is -2.91. The average molecular weight is 432 g/mol. The summed E-state index contributed by atoms with van der Waals surface area (Å²) in [4.78, 5) is 16.3. The van der Waals surface area contributed by atoms with Crippen LogP contribution in [0.4, 0.5) is 23.7 Å². The molecule has 2 amide bonds. The smallest absolute Gasteiger partial charge is 0.324 e. The van der Waals surface area contributed by atoms with Crippen molar-refractivity contribution in [3.8, 4) is 11.5 Å². The molecular weight excluding hydrogens is 413 g/mol. The first-order valence-corrected chi connectivity index (χ1v) is 9.62. The van der Waals surface area contributed by atoms with Crippen LogP contribution in [0.25, 0.3) is 11.5 Å². The van der Waals surface area contributed by atoms with E-state index in [9.17, 15) is 18.0 Å². The molecule has 31 heavy (non-hydrogen) atoms. The van der Waals surface area contributed by atoms with Crippen LogP contribution in [0.1, 0.15) is 17.9 Å². The lowest BCUT2D eigenvalue weighted by Crippen LogP contribution is -2.48. The quantitative estimate of drug-likeness (QED) is 0.602. The van der Waals surface area contributed by atoms with E-state index in [1.807, 2.05) is 6.07 Å². The molecule has 0 radical (unpaired) electrons. The van der Waals surface area contributed by atoms with Crippen molar-refractivity contribution in [3.05, 3.63) is 65.8 Å². The van der Waals surface area contributed by atoms with Gasteiger partial charge >= 0.3 is 12.5 Å². The van der Waals surface area contributed by atoms with Crippen LogP contribution in [0, 0.1) is 5.82 Å². The number of benzene rings is 2. The number of carbonyl (C=O) groups excluding carboxylic acids is 1. The van der Waals surface area contributed by atoms with Crippen LogP contribution >= 0.6 is 0 Å². The van der Waals surface area contributed by atoms with Gasteiger partial charge in [0.05, 0.1) is 19.8 Å². The van der Waals surface area contributed by atoms with Crippen LogP contribution in [-0.2, 0) is 11.3 Å². The number of hydrogen-bond donors (Lipinski definition) is 0. The first-order valence-electron chi connectivity index (χ1n) is 9.62. The van der Waals surface area contributed by atoms with Crippen LogP contribution < -0.4 is 4.90 Å². The van der Waals surface area contributed by atoms with Gasteiger partial charge in [-0.1, -0.05) is 24.3 Å². The Kier molecular flexibility index (Phi) is 6.17. The molecule has 10 heteroatoms. The predicted molar refractivity (Wildman–Crippen MR) is 105 cm³/mol. The summed E-state index contributed by atoms with van der Waals surface area (Å²) in [7, 11) is 0. The lowest BCUT2D eigenvalue weighted by atomic mass is 10.1. The first-order chi connectivity index (χ1) is 15.0. The van der Waals surface area contributed by atoms with Crippen LogP contribution in [0.3, 0.4) is 0 Å². The number of carbonyl (C=O) groups is 1. The SMILES string of the molecule is O=C(N1CCOCC1)N(Cc1ccc(-c2nnc(C(F)F)o2)cc1F)c1ccccc1. The van der Waals surface area contributed by atoms with E-state index in [0.717, 1.165) is 6.07 Å². The summed E-state index contributed by atoms with van der Waals surface area (Å²) in [6.45, 7) is 1.78. The van der Waals surface area contributed by atoms with E-state index < -0.39 is 18.1 Å². The van der Waals surface area contributed by atoms with Crippen LogP contribution in [-0.4, -0.2) is 47.4 Å². The molecule has 7 nitrogen and oxygen atoms in total. The fourth-order valence-corrected chi connectivity index (χ4v) is 3.22. The molecule has 2 aromatic carbocycles. The topological polar surface area (TPSA) is 71.7 Å². The molecule has 1 aromatic heterocycles. The van der Waals surface area contributed by atoms with E-state index in [1.54, 1.807) is 29.2 Å². The number of urea groups is 1. The number of hydrogen-bond acceptors (Lipinski definition) is 5. The van der Waals surface area contributed by atoms with Gasteiger partial charge in [-0.15, -0.1) is 10.2 Å². The number of nitrogens with zero attached hydrogens (tertiary/aromatic N) is 4. The van der Waals surface area contributed by atoms with E-state index >= 15 is 0 Å². The maximum Gasteiger partial charge on any atom is 0.324 e. The number of amides is 2. The number of halogens is 3. The highest BCUT2D eigenvalue weighted by Crippen LogP contribution is 2.26. The second-order valence-corrected chi connectivity index (χ2v) is 6.86. The number of anilines is 1. The number of alkyl halides is 2. The van der Waals surface area contributed by atoms with Crippen molar-refractivity contribution in [2.24, 2.45) is 0 Å². The van der Waals surface area contributed by atoms with E-state index in [1.165, 1.54) is 17.0 Å². The highest BCUT2D eigenvalue weighted by molar-refractivity contribution is 5.92. The Balaban J connectivity index is 1.59. The highest BCUT2D eigenvalue weighted by Gasteiger charge is 2.25. The molecule has 1 aliphatic rings. The largest absolute Gasteiger partial charge is 0.415 e. The number of morpholine rings is 1. The molecule has 0 saturated carbocycles. The number of para-hydroxylation sites is 1. The molecule has 0 atom stereocenters. The monoisotopic (exact) mass is 432 g/mol. The van der Waals surface area contributed by atoms with Crippen molar-refractivity contribution in [3.63, 3.8) is 0 Å². The van der Waals surface area contributed by atoms with Crippen molar-refractivity contribution < 1.29 is 27.1 Å². The van der Waals surface area contributed by atoms with Gasteiger partial charge in [0.15, 0.2) is 0 Å². The maximum atomic E-state index is 14.9. The summed E-state index contributed by atoms with van der Waals surface area (Å²) in [5, 5.41) is 6.78. The molecule has 0 aliphatic carbocycles. The van der Waals surface area contributed by atoms with Gasteiger partial charge in [-0.2, -0.15) is 8.78 Å². The summed E-state index contributed by atoms with van der Waals surface area (Å²) >= 11 is 0. The van der Waals surface area contributed by atoms with Gasteiger partial charge in [-0.05, 0) is 24.3 Å². The van der Waals surface area contributed by atoms with Gasteiger partial charge in [0.1, 0.15) is 5.82 Å². The van der Waals surface area contributed by atoms with Crippen molar-refractivity contribution in [1.29, 1.82) is 0 Å². The Labute approximate surface area is 176 Å². The normalized spacial score (nSPS) is 14.1. The lowest BCUT2D eigenvalue weighted by molar-refractivity contribution is 0.0548. The van der Waals surface area contributed by atoms with Gasteiger partial charge in [0.25, 0.3) is 5.89 Å².